The fraction of sp³-hybridized carbons (Fsp3) is 0.286. The third-order valence-electron chi connectivity index (χ3n) is 3.23. The van der Waals surface area contributed by atoms with Crippen molar-refractivity contribution >= 4 is 17.8 Å². The van der Waals surface area contributed by atoms with Gasteiger partial charge in [0, 0.05) is 13.0 Å². The lowest BCUT2D eigenvalue weighted by molar-refractivity contribution is -0.122. The average molecular weight is 242 g/mol. The van der Waals surface area contributed by atoms with Crippen LogP contribution in [-0.4, -0.2) is 30.3 Å². The van der Waals surface area contributed by atoms with E-state index in [1.165, 1.54) is 0 Å². The lowest BCUT2D eigenvalue weighted by atomic mass is 10.2. The van der Waals surface area contributed by atoms with Crippen LogP contribution in [-0.2, 0) is 4.79 Å². The Bertz CT molecular complexity index is 543. The number of hydrogen-bond acceptors (Lipinski definition) is 3. The van der Waals surface area contributed by atoms with E-state index in [4.69, 9.17) is 4.74 Å². The van der Waals surface area contributed by atoms with Crippen LogP contribution in [0.4, 0.5) is 0 Å². The zero-order valence-corrected chi connectivity index (χ0v) is 10.2. The number of carbonyl (C=O) groups is 1. The van der Waals surface area contributed by atoms with Crippen molar-refractivity contribution in [1.29, 1.82) is 0 Å². The summed E-state index contributed by atoms with van der Waals surface area (Å²) >= 11 is 0. The molecule has 18 heavy (non-hydrogen) atoms. The van der Waals surface area contributed by atoms with Gasteiger partial charge in [-0.15, -0.1) is 0 Å². The van der Waals surface area contributed by atoms with Crippen molar-refractivity contribution in [2.24, 2.45) is 4.99 Å². The highest BCUT2D eigenvalue weighted by Gasteiger charge is 2.32. The Kier molecular flexibility index (Phi) is 2.63. The van der Waals surface area contributed by atoms with Gasteiger partial charge in [-0.05, 0) is 30.2 Å². The van der Waals surface area contributed by atoms with E-state index in [2.05, 4.69) is 4.99 Å². The second kappa shape index (κ2) is 4.29. The summed E-state index contributed by atoms with van der Waals surface area (Å²) in [5.41, 5.74) is 1.50. The van der Waals surface area contributed by atoms with Gasteiger partial charge in [0.15, 0.2) is 0 Å². The highest BCUT2D eigenvalue weighted by molar-refractivity contribution is 6.15. The van der Waals surface area contributed by atoms with Crippen molar-refractivity contribution < 1.29 is 9.53 Å². The maximum Gasteiger partial charge on any atom is 0.277 e. The molecular formula is C14H14N2O2. The van der Waals surface area contributed by atoms with Gasteiger partial charge < -0.3 is 4.74 Å². The van der Waals surface area contributed by atoms with Crippen LogP contribution >= 0.6 is 0 Å². The van der Waals surface area contributed by atoms with E-state index in [-0.39, 0.29) is 5.91 Å². The Morgan fingerprint density at radius 1 is 1.33 bits per heavy atom. The Balaban J connectivity index is 1.88. The molecule has 0 radical (unpaired) electrons. The molecule has 0 aromatic heterocycles. The van der Waals surface area contributed by atoms with Gasteiger partial charge in [-0.25, -0.2) is 4.99 Å². The van der Waals surface area contributed by atoms with Crippen molar-refractivity contribution in [2.45, 2.75) is 12.8 Å². The first-order chi connectivity index (χ1) is 8.78. The minimum atomic E-state index is 0.0262. The van der Waals surface area contributed by atoms with Gasteiger partial charge in [0.1, 0.15) is 17.3 Å². The molecule has 1 aromatic rings. The van der Waals surface area contributed by atoms with Crippen LogP contribution < -0.4 is 4.74 Å². The van der Waals surface area contributed by atoms with Crippen molar-refractivity contribution in [3.8, 4) is 5.75 Å². The van der Waals surface area contributed by atoms with Gasteiger partial charge in [0.25, 0.3) is 5.91 Å². The molecule has 0 spiro atoms. The van der Waals surface area contributed by atoms with E-state index in [0.717, 1.165) is 36.5 Å². The summed E-state index contributed by atoms with van der Waals surface area (Å²) in [6.45, 7) is 0.803. The first-order valence-corrected chi connectivity index (χ1v) is 6.03. The van der Waals surface area contributed by atoms with Crippen LogP contribution in [0.25, 0.3) is 6.08 Å². The van der Waals surface area contributed by atoms with Gasteiger partial charge in [-0.1, -0.05) is 12.1 Å². The number of benzene rings is 1. The highest BCUT2D eigenvalue weighted by atomic mass is 16.5. The normalized spacial score (nSPS) is 20.3. The van der Waals surface area contributed by atoms with E-state index in [1.807, 2.05) is 30.3 Å². The minimum Gasteiger partial charge on any atom is -0.497 e. The molecule has 0 saturated carbocycles. The first kappa shape index (κ1) is 11.0. The van der Waals surface area contributed by atoms with Crippen LogP contribution in [0.1, 0.15) is 18.4 Å². The molecule has 1 saturated heterocycles. The average Bonchev–Trinajstić information content (AvgIpc) is 2.95. The monoisotopic (exact) mass is 242 g/mol. The molecule has 1 fully saturated rings. The van der Waals surface area contributed by atoms with Crippen molar-refractivity contribution in [2.75, 3.05) is 13.7 Å². The zero-order chi connectivity index (χ0) is 12.5. The van der Waals surface area contributed by atoms with Gasteiger partial charge in [-0.3, -0.25) is 9.69 Å². The fourth-order valence-corrected chi connectivity index (χ4v) is 2.27. The molecule has 4 heteroatoms. The molecule has 0 atom stereocenters. The summed E-state index contributed by atoms with van der Waals surface area (Å²) in [7, 11) is 1.63. The maximum atomic E-state index is 12.0. The number of hydrogen-bond donors (Lipinski definition) is 0. The third-order valence-corrected chi connectivity index (χ3v) is 3.23. The summed E-state index contributed by atoms with van der Waals surface area (Å²) in [4.78, 5) is 18.2. The van der Waals surface area contributed by atoms with E-state index < -0.39 is 0 Å². The predicted octanol–water partition coefficient (Wildman–Crippen LogP) is 2.07. The standard InChI is InChI=1S/C14H14N2O2/c1-18-11-6-4-10(5-7-11)9-12-14(17)16-8-2-3-13(16)15-12/h4-7,9H,2-3,8H2,1H3/b12-9-. The molecule has 1 aromatic carbocycles. The number of nitrogens with zero attached hydrogens (tertiary/aromatic N) is 2. The number of rotatable bonds is 2. The summed E-state index contributed by atoms with van der Waals surface area (Å²) < 4.78 is 5.10. The lowest BCUT2D eigenvalue weighted by Gasteiger charge is -2.07. The molecule has 2 aliphatic rings. The van der Waals surface area contributed by atoms with Crippen LogP contribution in [0, 0.1) is 0 Å². The maximum absolute atomic E-state index is 12.0. The summed E-state index contributed by atoms with van der Waals surface area (Å²) in [5.74, 6) is 1.75. The number of amides is 1. The first-order valence-electron chi connectivity index (χ1n) is 6.03. The van der Waals surface area contributed by atoms with Crippen LogP contribution in [0.15, 0.2) is 35.0 Å². The smallest absolute Gasteiger partial charge is 0.277 e. The quantitative estimate of drug-likeness (QED) is 0.745. The zero-order valence-electron chi connectivity index (χ0n) is 10.2. The molecule has 0 unspecified atom stereocenters. The third kappa shape index (κ3) is 1.79. The molecular weight excluding hydrogens is 228 g/mol. The molecule has 4 nitrogen and oxygen atoms in total. The Labute approximate surface area is 106 Å². The largest absolute Gasteiger partial charge is 0.497 e. The second-order valence-electron chi connectivity index (χ2n) is 4.39. The number of carbonyl (C=O) groups excluding carboxylic acids is 1. The lowest BCUT2D eigenvalue weighted by Crippen LogP contribution is -2.26. The van der Waals surface area contributed by atoms with Gasteiger partial charge in [0.2, 0.25) is 0 Å². The van der Waals surface area contributed by atoms with E-state index >= 15 is 0 Å². The van der Waals surface area contributed by atoms with E-state index in [1.54, 1.807) is 12.0 Å². The highest BCUT2D eigenvalue weighted by Crippen LogP contribution is 2.25. The number of fused-ring (bicyclic) bond motifs is 1. The molecule has 2 heterocycles. The Hall–Kier alpha value is -2.10. The summed E-state index contributed by atoms with van der Waals surface area (Å²) in [6, 6.07) is 7.59. The molecule has 0 N–H and O–H groups in total. The summed E-state index contributed by atoms with van der Waals surface area (Å²) in [6.07, 6.45) is 3.76. The van der Waals surface area contributed by atoms with Crippen LogP contribution in [0.3, 0.4) is 0 Å². The molecule has 3 rings (SSSR count). The summed E-state index contributed by atoms with van der Waals surface area (Å²) in [5, 5.41) is 0. The van der Waals surface area contributed by atoms with Crippen molar-refractivity contribution in [1.82, 2.24) is 4.90 Å². The molecule has 0 aliphatic carbocycles. The van der Waals surface area contributed by atoms with Crippen molar-refractivity contribution in [3.05, 3.63) is 35.5 Å². The fourth-order valence-electron chi connectivity index (χ4n) is 2.27. The van der Waals surface area contributed by atoms with Crippen molar-refractivity contribution in [3.63, 3.8) is 0 Å². The van der Waals surface area contributed by atoms with Gasteiger partial charge in [-0.2, -0.15) is 0 Å². The number of aliphatic imine (C=N–C) groups is 1. The molecule has 2 aliphatic heterocycles. The van der Waals surface area contributed by atoms with E-state index in [9.17, 15) is 4.79 Å². The Morgan fingerprint density at radius 2 is 2.11 bits per heavy atom. The van der Waals surface area contributed by atoms with Crippen LogP contribution in [0.2, 0.25) is 0 Å². The predicted molar refractivity (Wildman–Crippen MR) is 69.4 cm³/mol. The van der Waals surface area contributed by atoms with Gasteiger partial charge >= 0.3 is 0 Å². The second-order valence-corrected chi connectivity index (χ2v) is 4.39. The number of methoxy groups -OCH3 is 1. The van der Waals surface area contributed by atoms with Crippen LogP contribution in [0.5, 0.6) is 5.75 Å². The number of amidine groups is 1. The SMILES string of the molecule is COc1ccc(/C=C2\N=C3CCCN3C2=O)cc1. The Morgan fingerprint density at radius 3 is 2.78 bits per heavy atom. The van der Waals surface area contributed by atoms with Gasteiger partial charge in [0.05, 0.1) is 7.11 Å². The van der Waals surface area contributed by atoms with E-state index in [0.29, 0.717) is 5.70 Å². The minimum absolute atomic E-state index is 0.0262. The topological polar surface area (TPSA) is 41.9 Å². The number of ether oxygens (including phenoxy) is 1. The molecule has 0 bridgehead atoms. The molecule has 92 valence electrons. The molecule has 1 amide bonds.